The molecule has 3 rings (SSSR count). The topological polar surface area (TPSA) is 221 Å². The summed E-state index contributed by atoms with van der Waals surface area (Å²) in [5.41, 5.74) is 7.88. The maximum Gasteiger partial charge on any atom is 0.490 e. The summed E-state index contributed by atoms with van der Waals surface area (Å²) < 4.78 is 59.0. The number of benzene rings is 2. The second-order valence-corrected chi connectivity index (χ2v) is 10.2. The number of nitrogens with one attached hydrogen (secondary N) is 3. The van der Waals surface area contributed by atoms with Gasteiger partial charge >= 0.3 is 18.1 Å². The third-order valence-electron chi connectivity index (χ3n) is 5.40. The molecule has 17 heteroatoms. The van der Waals surface area contributed by atoms with E-state index in [-0.39, 0.29) is 17.2 Å². The second-order valence-electron chi connectivity index (χ2n) is 8.55. The van der Waals surface area contributed by atoms with E-state index in [4.69, 9.17) is 25.9 Å². The standard InChI is InChI=1S/C22H25N5O6S.C2HF3O2/c1-13-4-2-3-5-19(13)34(31,32)27-18(22(29)30)12-25-20(28)11-16-10-17(26-33-16)14-6-8-15(9-7-14)21(23)24;3-2(4,5)1(6)7/h2-9,16,18,27H,10-12H2,1H3,(H3,23,24)(H,25,28)(H,29,30);(H,6,7)/t16?,18-;/m0./s1. The zero-order valence-electron chi connectivity index (χ0n) is 21.3. The minimum absolute atomic E-state index is 0.0343. The van der Waals surface area contributed by atoms with Gasteiger partial charge in [0.1, 0.15) is 18.0 Å². The lowest BCUT2D eigenvalue weighted by Crippen LogP contribution is -2.48. The number of carboxylic acid groups (broad SMARTS) is 2. The highest BCUT2D eigenvalue weighted by atomic mass is 32.2. The third-order valence-corrected chi connectivity index (χ3v) is 7.03. The molecule has 0 aliphatic carbocycles. The van der Waals surface area contributed by atoms with Gasteiger partial charge in [-0.2, -0.15) is 17.9 Å². The van der Waals surface area contributed by atoms with Gasteiger partial charge in [0.2, 0.25) is 15.9 Å². The van der Waals surface area contributed by atoms with E-state index < -0.39 is 52.7 Å². The van der Waals surface area contributed by atoms with Crippen LogP contribution in [0.3, 0.4) is 0 Å². The number of oxime groups is 1. The highest BCUT2D eigenvalue weighted by Crippen LogP contribution is 2.20. The SMILES string of the molecule is Cc1ccccc1S(=O)(=O)N[C@@H](CNC(=O)CC1CC(c2ccc(C(=N)N)cc2)=NO1)C(=O)O.O=C(O)C(F)(F)F. The van der Waals surface area contributed by atoms with Crippen LogP contribution in [0, 0.1) is 12.3 Å². The highest BCUT2D eigenvalue weighted by molar-refractivity contribution is 7.89. The fourth-order valence-electron chi connectivity index (χ4n) is 3.33. The van der Waals surface area contributed by atoms with Crippen molar-refractivity contribution in [2.45, 2.75) is 43.0 Å². The fraction of sp³-hybridized carbons (Fsp3) is 0.292. The largest absolute Gasteiger partial charge is 0.490 e. The number of nitrogens with two attached hydrogens (primary N) is 1. The Balaban J connectivity index is 0.000000745. The Morgan fingerprint density at radius 1 is 1.15 bits per heavy atom. The lowest BCUT2D eigenvalue weighted by Gasteiger charge is -2.17. The summed E-state index contributed by atoms with van der Waals surface area (Å²) in [4.78, 5) is 38.1. The average molecular weight is 602 g/mol. The van der Waals surface area contributed by atoms with Crippen molar-refractivity contribution >= 4 is 39.4 Å². The molecule has 0 saturated carbocycles. The Morgan fingerprint density at radius 2 is 1.73 bits per heavy atom. The molecule has 0 radical (unpaired) electrons. The van der Waals surface area contributed by atoms with Crippen molar-refractivity contribution in [1.82, 2.24) is 10.0 Å². The summed E-state index contributed by atoms with van der Waals surface area (Å²) in [5, 5.41) is 30.4. The monoisotopic (exact) mass is 601 g/mol. The number of carbonyl (C=O) groups is 3. The molecule has 222 valence electrons. The van der Waals surface area contributed by atoms with Crippen LogP contribution < -0.4 is 15.8 Å². The minimum atomic E-state index is -5.08. The number of alkyl halides is 3. The molecule has 2 aromatic rings. The van der Waals surface area contributed by atoms with Crippen LogP contribution in [-0.4, -0.2) is 72.9 Å². The number of amidine groups is 1. The van der Waals surface area contributed by atoms with E-state index in [2.05, 4.69) is 15.2 Å². The summed E-state index contributed by atoms with van der Waals surface area (Å²) in [6, 6.07) is 11.5. The first-order chi connectivity index (χ1) is 19.0. The number of aliphatic carboxylic acids is 2. The molecule has 1 unspecified atom stereocenters. The van der Waals surface area contributed by atoms with Crippen molar-refractivity contribution in [3.05, 3.63) is 65.2 Å². The van der Waals surface area contributed by atoms with Gasteiger partial charge in [0.15, 0.2) is 0 Å². The van der Waals surface area contributed by atoms with E-state index in [1.807, 2.05) is 0 Å². The van der Waals surface area contributed by atoms with Gasteiger partial charge in [-0.25, -0.2) is 13.2 Å². The summed E-state index contributed by atoms with van der Waals surface area (Å²) >= 11 is 0. The Kier molecular flexibility index (Phi) is 10.9. The van der Waals surface area contributed by atoms with Crippen molar-refractivity contribution in [2.24, 2.45) is 10.9 Å². The van der Waals surface area contributed by atoms with Crippen LogP contribution in [0.4, 0.5) is 13.2 Å². The number of hydrogen-bond acceptors (Lipinski definition) is 8. The molecular weight excluding hydrogens is 575 g/mol. The van der Waals surface area contributed by atoms with Crippen molar-refractivity contribution in [3.8, 4) is 0 Å². The Morgan fingerprint density at radius 3 is 2.24 bits per heavy atom. The van der Waals surface area contributed by atoms with E-state index in [1.165, 1.54) is 12.1 Å². The number of amides is 1. The molecule has 2 aromatic carbocycles. The van der Waals surface area contributed by atoms with E-state index in [0.717, 1.165) is 5.56 Å². The molecule has 0 fully saturated rings. The maximum atomic E-state index is 12.6. The lowest BCUT2D eigenvalue weighted by molar-refractivity contribution is -0.192. The number of carbonyl (C=O) groups excluding carboxylic acids is 1. The van der Waals surface area contributed by atoms with Crippen molar-refractivity contribution in [2.75, 3.05) is 6.54 Å². The predicted octanol–water partition coefficient (Wildman–Crippen LogP) is 1.34. The van der Waals surface area contributed by atoms with Gasteiger partial charge in [-0.1, -0.05) is 47.6 Å². The molecule has 0 spiro atoms. The molecule has 0 saturated heterocycles. The van der Waals surface area contributed by atoms with Gasteiger partial charge in [0.05, 0.1) is 17.0 Å². The van der Waals surface area contributed by atoms with E-state index in [9.17, 15) is 36.3 Å². The molecule has 1 heterocycles. The van der Waals surface area contributed by atoms with E-state index in [0.29, 0.717) is 23.3 Å². The van der Waals surface area contributed by atoms with Gasteiger partial charge in [-0.3, -0.25) is 15.0 Å². The summed E-state index contributed by atoms with van der Waals surface area (Å²) in [7, 11) is -4.10. The van der Waals surface area contributed by atoms with Crippen LogP contribution in [0.5, 0.6) is 0 Å². The van der Waals surface area contributed by atoms with Crippen LogP contribution in [0.15, 0.2) is 58.6 Å². The number of nitrogens with zero attached hydrogens (tertiary/aromatic N) is 1. The number of nitrogen functional groups attached to an aromatic ring is 1. The lowest BCUT2D eigenvalue weighted by atomic mass is 10.0. The van der Waals surface area contributed by atoms with Crippen molar-refractivity contribution in [1.29, 1.82) is 5.41 Å². The number of aryl methyl sites for hydroxylation is 1. The van der Waals surface area contributed by atoms with Gasteiger partial charge in [-0.15, -0.1) is 0 Å². The molecule has 41 heavy (non-hydrogen) atoms. The van der Waals surface area contributed by atoms with Crippen LogP contribution in [-0.2, 0) is 29.2 Å². The number of rotatable bonds is 10. The molecule has 0 aromatic heterocycles. The maximum absolute atomic E-state index is 12.6. The van der Waals surface area contributed by atoms with Gasteiger partial charge in [0, 0.05) is 18.5 Å². The molecule has 1 aliphatic heterocycles. The first-order valence-corrected chi connectivity index (χ1v) is 13.0. The second kappa shape index (κ2) is 13.7. The zero-order valence-corrected chi connectivity index (χ0v) is 22.1. The molecule has 0 bridgehead atoms. The van der Waals surface area contributed by atoms with Crippen molar-refractivity contribution < 1.29 is 51.0 Å². The van der Waals surface area contributed by atoms with Crippen LogP contribution in [0.1, 0.15) is 29.5 Å². The molecule has 7 N–H and O–H groups in total. The predicted molar refractivity (Wildman–Crippen MR) is 138 cm³/mol. The first-order valence-electron chi connectivity index (χ1n) is 11.6. The van der Waals surface area contributed by atoms with Gasteiger partial charge in [0.25, 0.3) is 0 Å². The first kappa shape index (κ1) is 32.7. The summed E-state index contributed by atoms with van der Waals surface area (Å²) in [6.07, 6.45) is -5.36. The molecular formula is C24H26F3N5O8S. The smallest absolute Gasteiger partial charge is 0.480 e. The zero-order chi connectivity index (χ0) is 31.0. The van der Waals surface area contributed by atoms with Crippen LogP contribution >= 0.6 is 0 Å². The number of hydrogen-bond donors (Lipinski definition) is 6. The Labute approximate surface area is 231 Å². The van der Waals surface area contributed by atoms with E-state index >= 15 is 0 Å². The minimum Gasteiger partial charge on any atom is -0.480 e. The van der Waals surface area contributed by atoms with E-state index in [1.54, 1.807) is 43.3 Å². The summed E-state index contributed by atoms with van der Waals surface area (Å²) in [5.74, 6) is -4.73. The number of carboxylic acids is 2. The Bertz CT molecular complexity index is 1430. The molecule has 2 atom stereocenters. The van der Waals surface area contributed by atoms with Gasteiger partial charge < -0.3 is 26.1 Å². The molecule has 1 aliphatic rings. The van der Waals surface area contributed by atoms with Gasteiger partial charge in [-0.05, 0) is 24.1 Å². The number of halogens is 3. The van der Waals surface area contributed by atoms with Crippen LogP contribution in [0.2, 0.25) is 0 Å². The normalized spacial score (nSPS) is 15.4. The fourth-order valence-corrected chi connectivity index (χ4v) is 4.77. The number of sulfonamides is 1. The Hall–Kier alpha value is -4.51. The average Bonchev–Trinajstić information content (AvgIpc) is 3.34. The van der Waals surface area contributed by atoms with Crippen LogP contribution in [0.25, 0.3) is 0 Å². The molecule has 1 amide bonds. The quantitative estimate of drug-likeness (QED) is 0.171. The third kappa shape index (κ3) is 9.87. The van der Waals surface area contributed by atoms with Crippen molar-refractivity contribution in [3.63, 3.8) is 0 Å². The molecule has 13 nitrogen and oxygen atoms in total. The summed E-state index contributed by atoms with van der Waals surface area (Å²) in [6.45, 7) is 1.16. The highest BCUT2D eigenvalue weighted by Gasteiger charge is 2.38.